The highest BCUT2D eigenvalue weighted by Gasteiger charge is 2.67. The van der Waals surface area contributed by atoms with Crippen molar-refractivity contribution < 1.29 is 14.5 Å². The first-order valence-electron chi connectivity index (χ1n) is 6.73. The van der Waals surface area contributed by atoms with Gasteiger partial charge in [0, 0.05) is 24.0 Å². The molecular weight excluding hydrogens is 274 g/mol. The molecule has 0 saturated heterocycles. The number of hydrogen-bond acceptors (Lipinski definition) is 6. The van der Waals surface area contributed by atoms with E-state index in [4.69, 9.17) is 4.74 Å². The molecule has 1 spiro atoms. The lowest BCUT2D eigenvalue weighted by atomic mass is 9.77. The third kappa shape index (κ3) is 2.00. The van der Waals surface area contributed by atoms with E-state index in [2.05, 4.69) is 10.2 Å². The molecule has 0 N–H and O–H groups in total. The highest BCUT2D eigenvalue weighted by Crippen LogP contribution is 2.60. The Kier molecular flexibility index (Phi) is 3.00. The molecule has 1 aromatic carbocycles. The van der Waals surface area contributed by atoms with Crippen molar-refractivity contribution in [3.63, 3.8) is 0 Å². The van der Waals surface area contributed by atoms with Gasteiger partial charge < -0.3 is 4.74 Å². The molecule has 1 atom stereocenters. The second-order valence-corrected chi connectivity index (χ2v) is 5.63. The van der Waals surface area contributed by atoms with Gasteiger partial charge in [-0.2, -0.15) is 10.2 Å². The smallest absolute Gasteiger partial charge is 0.336 e. The summed E-state index contributed by atoms with van der Waals surface area (Å²) in [5.41, 5.74) is -0.349. The maximum absolute atomic E-state index is 12.3. The molecule has 110 valence electrons. The molecule has 7 nitrogen and oxygen atoms in total. The summed E-state index contributed by atoms with van der Waals surface area (Å²) >= 11 is 0. The fraction of sp³-hybridized carbons (Fsp3) is 0.500. The molecule has 1 heterocycles. The van der Waals surface area contributed by atoms with Crippen LogP contribution in [-0.2, 0) is 16.0 Å². The van der Waals surface area contributed by atoms with E-state index in [1.165, 1.54) is 19.2 Å². The largest absolute Gasteiger partial charge is 0.467 e. The van der Waals surface area contributed by atoms with Crippen LogP contribution in [0.2, 0.25) is 0 Å². The molecule has 2 aliphatic rings. The summed E-state index contributed by atoms with van der Waals surface area (Å²) in [6.45, 7) is 0.551. The zero-order valence-corrected chi connectivity index (χ0v) is 11.6. The molecule has 1 saturated carbocycles. The highest BCUT2D eigenvalue weighted by molar-refractivity contribution is 5.84. The lowest BCUT2D eigenvalue weighted by Gasteiger charge is -2.28. The maximum Gasteiger partial charge on any atom is 0.336 e. The van der Waals surface area contributed by atoms with Gasteiger partial charge in [0.1, 0.15) is 0 Å². The Morgan fingerprint density at radius 1 is 1.38 bits per heavy atom. The van der Waals surface area contributed by atoms with Crippen molar-refractivity contribution in [3.8, 4) is 0 Å². The molecule has 0 aromatic heterocycles. The second kappa shape index (κ2) is 4.61. The third-order valence-corrected chi connectivity index (χ3v) is 4.48. The number of carbonyl (C=O) groups excluding carboxylic acids is 1. The van der Waals surface area contributed by atoms with Crippen LogP contribution >= 0.6 is 0 Å². The van der Waals surface area contributed by atoms with Crippen molar-refractivity contribution in [1.29, 1.82) is 0 Å². The van der Waals surface area contributed by atoms with Crippen LogP contribution in [-0.4, -0.2) is 30.1 Å². The molecule has 3 rings (SSSR count). The summed E-state index contributed by atoms with van der Waals surface area (Å²) in [6, 6.07) is 6.19. The number of non-ortho nitro benzene ring substituents is 1. The zero-order chi connectivity index (χ0) is 15.1. The number of azo groups is 1. The van der Waals surface area contributed by atoms with Crippen molar-refractivity contribution in [2.75, 3.05) is 13.7 Å². The Morgan fingerprint density at radius 2 is 2.05 bits per heavy atom. The van der Waals surface area contributed by atoms with Gasteiger partial charge in [0.2, 0.25) is 0 Å². The van der Waals surface area contributed by atoms with E-state index in [9.17, 15) is 14.9 Å². The number of nitrogens with zero attached hydrogens (tertiary/aromatic N) is 3. The van der Waals surface area contributed by atoms with Gasteiger partial charge in [-0.15, -0.1) is 0 Å². The molecule has 0 unspecified atom stereocenters. The van der Waals surface area contributed by atoms with E-state index in [0.717, 1.165) is 18.4 Å². The van der Waals surface area contributed by atoms with Gasteiger partial charge in [-0.1, -0.05) is 12.1 Å². The lowest BCUT2D eigenvalue weighted by molar-refractivity contribution is -0.384. The molecule has 0 bridgehead atoms. The number of rotatable bonds is 4. The van der Waals surface area contributed by atoms with E-state index < -0.39 is 10.5 Å². The van der Waals surface area contributed by atoms with Gasteiger partial charge >= 0.3 is 5.97 Å². The molecule has 1 fully saturated rings. The average molecular weight is 289 g/mol. The Labute approximate surface area is 121 Å². The maximum atomic E-state index is 12.3. The van der Waals surface area contributed by atoms with E-state index in [1.54, 1.807) is 12.1 Å². The standard InChI is InChI=1S/C14H15N3O4/c1-21-12(18)14(13(6-7-13)9-15-16-14)8-10-2-4-11(5-3-10)17(19)20/h2-5H,6-9H2,1H3/t14-/m0/s1. The molecule has 1 aliphatic heterocycles. The van der Waals surface area contributed by atoms with Crippen molar-refractivity contribution >= 4 is 11.7 Å². The van der Waals surface area contributed by atoms with Crippen LogP contribution in [0.4, 0.5) is 5.69 Å². The van der Waals surface area contributed by atoms with Crippen LogP contribution < -0.4 is 0 Å². The van der Waals surface area contributed by atoms with Crippen molar-refractivity contribution in [2.45, 2.75) is 24.8 Å². The SMILES string of the molecule is COC(=O)[C@]1(Cc2ccc([N+](=O)[O-])cc2)N=NCC12CC2. The molecule has 0 radical (unpaired) electrons. The number of nitro groups is 1. The lowest BCUT2D eigenvalue weighted by Crippen LogP contribution is -2.47. The van der Waals surface area contributed by atoms with Crippen LogP contribution in [0.25, 0.3) is 0 Å². The predicted octanol–water partition coefficient (Wildman–Crippen LogP) is 2.30. The second-order valence-electron chi connectivity index (χ2n) is 5.63. The van der Waals surface area contributed by atoms with Gasteiger partial charge in [0.15, 0.2) is 5.54 Å². The van der Waals surface area contributed by atoms with Gasteiger partial charge in [0.05, 0.1) is 18.6 Å². The number of benzene rings is 1. The highest BCUT2D eigenvalue weighted by atomic mass is 16.6. The van der Waals surface area contributed by atoms with Gasteiger partial charge in [-0.05, 0) is 18.4 Å². The Hall–Kier alpha value is -2.31. The Balaban J connectivity index is 1.91. The van der Waals surface area contributed by atoms with Gasteiger partial charge in [-0.25, -0.2) is 4.79 Å². The summed E-state index contributed by atoms with van der Waals surface area (Å²) in [6.07, 6.45) is 2.17. The molecular formula is C14H15N3O4. The molecule has 1 aliphatic carbocycles. The summed E-state index contributed by atoms with van der Waals surface area (Å²) in [5, 5.41) is 19.0. The van der Waals surface area contributed by atoms with E-state index in [0.29, 0.717) is 13.0 Å². The topological polar surface area (TPSA) is 94.2 Å². The molecule has 0 amide bonds. The first kappa shape index (κ1) is 13.7. The number of hydrogen-bond donors (Lipinski definition) is 0. The molecule has 7 heteroatoms. The van der Waals surface area contributed by atoms with Crippen molar-refractivity contribution in [1.82, 2.24) is 0 Å². The minimum Gasteiger partial charge on any atom is -0.467 e. The van der Waals surface area contributed by atoms with Gasteiger partial charge in [0.25, 0.3) is 5.69 Å². The average Bonchev–Trinajstić information content (AvgIpc) is 3.18. The summed E-state index contributed by atoms with van der Waals surface area (Å²) in [4.78, 5) is 22.5. The van der Waals surface area contributed by atoms with Crippen molar-refractivity contribution in [2.24, 2.45) is 15.6 Å². The number of nitro benzene ring substituents is 1. The van der Waals surface area contributed by atoms with Crippen LogP contribution in [0.3, 0.4) is 0 Å². The minimum atomic E-state index is -0.974. The Morgan fingerprint density at radius 3 is 2.57 bits per heavy atom. The van der Waals surface area contributed by atoms with Crippen LogP contribution in [0, 0.1) is 15.5 Å². The quantitative estimate of drug-likeness (QED) is 0.482. The van der Waals surface area contributed by atoms with Gasteiger partial charge in [-0.3, -0.25) is 10.1 Å². The number of carbonyl (C=O) groups is 1. The third-order valence-electron chi connectivity index (χ3n) is 4.48. The van der Waals surface area contributed by atoms with Crippen LogP contribution in [0.1, 0.15) is 18.4 Å². The molecule has 21 heavy (non-hydrogen) atoms. The van der Waals surface area contributed by atoms with E-state index >= 15 is 0 Å². The monoisotopic (exact) mass is 289 g/mol. The Bertz CT molecular complexity index is 622. The number of methoxy groups -OCH3 is 1. The van der Waals surface area contributed by atoms with Crippen LogP contribution in [0.5, 0.6) is 0 Å². The number of ether oxygens (including phenoxy) is 1. The normalized spacial score (nSPS) is 25.0. The van der Waals surface area contributed by atoms with Crippen molar-refractivity contribution in [3.05, 3.63) is 39.9 Å². The first-order chi connectivity index (χ1) is 10.0. The summed E-state index contributed by atoms with van der Waals surface area (Å²) in [5.74, 6) is -0.375. The summed E-state index contributed by atoms with van der Waals surface area (Å²) < 4.78 is 4.95. The fourth-order valence-corrected chi connectivity index (χ4v) is 3.00. The number of esters is 1. The van der Waals surface area contributed by atoms with E-state index in [-0.39, 0.29) is 17.1 Å². The first-order valence-corrected chi connectivity index (χ1v) is 6.73. The summed E-state index contributed by atoms with van der Waals surface area (Å²) in [7, 11) is 1.35. The van der Waals surface area contributed by atoms with E-state index in [1.807, 2.05) is 0 Å². The zero-order valence-electron chi connectivity index (χ0n) is 11.6. The predicted molar refractivity (Wildman–Crippen MR) is 72.9 cm³/mol. The molecule has 1 aromatic rings. The van der Waals surface area contributed by atoms with Crippen LogP contribution in [0.15, 0.2) is 34.5 Å². The fourth-order valence-electron chi connectivity index (χ4n) is 3.00. The minimum absolute atomic E-state index is 0.0278.